The first-order valence-electron chi connectivity index (χ1n) is 24.5. The summed E-state index contributed by atoms with van der Waals surface area (Å²) in [6, 6.07) is 59.7. The van der Waals surface area contributed by atoms with Gasteiger partial charge in [-0.3, -0.25) is 4.57 Å². The minimum absolute atomic E-state index is 0.00544. The molecule has 0 amide bonds. The van der Waals surface area contributed by atoms with E-state index in [-0.39, 0.29) is 21.7 Å². The molecule has 0 saturated heterocycles. The highest BCUT2D eigenvalue weighted by Gasteiger charge is 2.32. The maximum Gasteiger partial charge on any atom is 0.137 e. The number of pyridine rings is 1. The Labute approximate surface area is 410 Å². The van der Waals surface area contributed by atoms with Crippen molar-refractivity contribution >= 4 is 44.6 Å². The fourth-order valence-corrected chi connectivity index (χ4v) is 9.98. The van der Waals surface area contributed by atoms with Crippen molar-refractivity contribution in [2.75, 3.05) is 16.5 Å². The van der Waals surface area contributed by atoms with Crippen LogP contribution in [0.25, 0.3) is 38.8 Å². The quantitative estimate of drug-likeness (QED) is 0.152. The normalized spacial score (nSPS) is 13.4. The van der Waals surface area contributed by atoms with Gasteiger partial charge in [-0.15, -0.1) is 0 Å². The van der Waals surface area contributed by atoms with E-state index in [4.69, 9.17) is 9.72 Å². The molecule has 0 radical (unpaired) electrons. The minimum atomic E-state index is -0.143. The van der Waals surface area contributed by atoms with Crippen LogP contribution in [0.4, 0.5) is 22.7 Å². The van der Waals surface area contributed by atoms with Crippen LogP contribution in [0.3, 0.4) is 0 Å². The summed E-state index contributed by atoms with van der Waals surface area (Å²) in [6.07, 6.45) is 2.04. The van der Waals surface area contributed by atoms with Gasteiger partial charge >= 0.3 is 0 Å². The predicted molar refractivity (Wildman–Crippen MR) is 292 cm³/mol. The average Bonchev–Trinajstić information content (AvgIpc) is 3.87. The van der Waals surface area contributed by atoms with E-state index in [0.717, 1.165) is 56.1 Å². The fraction of sp³-hybridized carbons (Fsp3) is 0.266. The van der Waals surface area contributed by atoms with E-state index in [9.17, 15) is 0 Å². The molecule has 0 fully saturated rings. The lowest BCUT2D eigenvalue weighted by Crippen LogP contribution is -2.25. The molecule has 1 aliphatic rings. The summed E-state index contributed by atoms with van der Waals surface area (Å²) < 4.78 is 9.13. The summed E-state index contributed by atoms with van der Waals surface area (Å²) in [6.45, 7) is 28.2. The number of benzene rings is 7. The van der Waals surface area contributed by atoms with E-state index in [1.165, 1.54) is 50.3 Å². The van der Waals surface area contributed by atoms with Crippen molar-refractivity contribution in [3.05, 3.63) is 203 Å². The topological polar surface area (TPSA) is 33.5 Å². The molecule has 7 aromatic carbocycles. The second-order valence-corrected chi connectivity index (χ2v) is 22.8. The van der Waals surface area contributed by atoms with E-state index in [1.807, 2.05) is 6.20 Å². The van der Waals surface area contributed by atoms with Crippen molar-refractivity contribution in [1.82, 2.24) is 9.55 Å². The number of ether oxygens (including phenoxy) is 1. The Bertz CT molecular complexity index is 3360. The molecule has 10 rings (SSSR count). The largest absolute Gasteiger partial charge is 0.457 e. The number of aryl methyl sites for hydroxylation is 1. The maximum absolute atomic E-state index is 6.85. The van der Waals surface area contributed by atoms with Gasteiger partial charge in [0.15, 0.2) is 0 Å². The van der Waals surface area contributed by atoms with Crippen LogP contribution in [0.1, 0.15) is 110 Å². The molecule has 0 aliphatic carbocycles. The Morgan fingerprint density at radius 1 is 0.449 bits per heavy atom. The van der Waals surface area contributed by atoms with Crippen LogP contribution < -0.4 is 14.5 Å². The Morgan fingerprint density at radius 3 is 1.80 bits per heavy atom. The number of nitrogens with zero attached hydrogens (tertiary/aromatic N) is 4. The average molecular weight is 907 g/mol. The summed E-state index contributed by atoms with van der Waals surface area (Å²) >= 11 is 0. The van der Waals surface area contributed by atoms with Crippen LogP contribution in [-0.2, 0) is 21.7 Å². The molecule has 0 saturated carbocycles. The third-order valence-electron chi connectivity index (χ3n) is 14.4. The van der Waals surface area contributed by atoms with Crippen molar-refractivity contribution in [2.24, 2.45) is 0 Å². The molecule has 0 N–H and O–H groups in total. The highest BCUT2D eigenvalue weighted by molar-refractivity contribution is 6.09. The van der Waals surface area contributed by atoms with Crippen LogP contribution >= 0.6 is 0 Å². The van der Waals surface area contributed by atoms with Crippen LogP contribution in [0.2, 0.25) is 0 Å². The number of rotatable bonds is 8. The Kier molecular flexibility index (Phi) is 11.1. The Morgan fingerprint density at radius 2 is 1.09 bits per heavy atom. The molecule has 69 heavy (non-hydrogen) atoms. The van der Waals surface area contributed by atoms with Crippen molar-refractivity contribution < 1.29 is 4.74 Å². The first-order chi connectivity index (χ1) is 32.7. The van der Waals surface area contributed by atoms with Crippen LogP contribution in [0, 0.1) is 6.92 Å². The summed E-state index contributed by atoms with van der Waals surface area (Å²) in [5, 5.41) is 2.33. The van der Waals surface area contributed by atoms with Gasteiger partial charge in [0.1, 0.15) is 24.0 Å². The molecule has 0 atom stereocenters. The fourth-order valence-electron chi connectivity index (χ4n) is 9.98. The van der Waals surface area contributed by atoms with Gasteiger partial charge in [0.2, 0.25) is 0 Å². The van der Waals surface area contributed by atoms with E-state index < -0.39 is 0 Å². The lowest BCUT2D eigenvalue weighted by atomic mass is 9.77. The van der Waals surface area contributed by atoms with Gasteiger partial charge in [-0.25, -0.2) is 4.98 Å². The van der Waals surface area contributed by atoms with Crippen LogP contribution in [0.5, 0.6) is 11.5 Å². The zero-order chi connectivity index (χ0) is 48.6. The zero-order valence-corrected chi connectivity index (χ0v) is 42.6. The van der Waals surface area contributed by atoms with Crippen LogP contribution in [-0.4, -0.2) is 16.2 Å². The molecule has 1 aliphatic heterocycles. The standard InChI is InChI=1S/C64H66N4O/c1-42-32-60(65-40-55(42)43-20-18-23-46(33-43)64(11,12)44-21-14-13-15-22-44)68-56-27-17-16-26-53(56)54-30-29-52(39-58(54)68)69-51-25-19-24-49(38-51)66-41-67(57-31-28-45(37-59(57)66)61(2,3)4)50-35-47(62(5,6)7)34-48(36-50)63(8,9)10/h13-40H,41H2,1-12H3. The number of hydrogen-bond acceptors (Lipinski definition) is 4. The summed E-state index contributed by atoms with van der Waals surface area (Å²) in [5.74, 6) is 2.42. The predicted octanol–water partition coefficient (Wildman–Crippen LogP) is 17.4. The summed E-state index contributed by atoms with van der Waals surface area (Å²) in [7, 11) is 0. The van der Waals surface area contributed by atoms with Crippen LogP contribution in [0.15, 0.2) is 170 Å². The molecule has 0 spiro atoms. The van der Waals surface area contributed by atoms with Gasteiger partial charge in [0.25, 0.3) is 0 Å². The van der Waals surface area contributed by atoms with Crippen molar-refractivity contribution in [3.8, 4) is 28.4 Å². The number of para-hydroxylation sites is 1. The summed E-state index contributed by atoms with van der Waals surface area (Å²) in [4.78, 5) is 10.1. The van der Waals surface area contributed by atoms with Gasteiger partial charge in [-0.05, 0) is 123 Å². The highest BCUT2D eigenvalue weighted by atomic mass is 16.5. The molecule has 0 unspecified atom stereocenters. The lowest BCUT2D eigenvalue weighted by Gasteiger charge is -2.29. The second kappa shape index (κ2) is 16.8. The molecular formula is C64H66N4O. The summed E-state index contributed by atoms with van der Waals surface area (Å²) in [5.41, 5.74) is 16.7. The first kappa shape index (κ1) is 45.7. The van der Waals surface area contributed by atoms with Gasteiger partial charge in [0.05, 0.1) is 22.4 Å². The molecule has 348 valence electrons. The minimum Gasteiger partial charge on any atom is -0.457 e. The number of fused-ring (bicyclic) bond motifs is 4. The number of hydrogen-bond donors (Lipinski definition) is 0. The molecule has 0 bridgehead atoms. The number of anilines is 4. The monoisotopic (exact) mass is 907 g/mol. The SMILES string of the molecule is Cc1cc(-n2c3ccccc3c3ccc(Oc4cccc(N5CN(c6cc(C(C)(C)C)cc(C(C)(C)C)c6)c6ccc(C(C)(C)C)cc65)c4)cc32)ncc1-c1cccc(C(C)(C)c2ccccc2)c1. The molecule has 5 nitrogen and oxygen atoms in total. The first-order valence-corrected chi connectivity index (χ1v) is 24.5. The van der Waals surface area contributed by atoms with E-state index in [0.29, 0.717) is 6.67 Å². The number of aromatic nitrogens is 2. The zero-order valence-electron chi connectivity index (χ0n) is 42.6. The van der Waals surface area contributed by atoms with Gasteiger partial charge < -0.3 is 14.5 Å². The maximum atomic E-state index is 6.85. The Hall–Kier alpha value is -7.11. The molecule has 2 aromatic heterocycles. The van der Waals surface area contributed by atoms with Crippen molar-refractivity contribution in [1.29, 1.82) is 0 Å². The molecule has 5 heteroatoms. The molecule has 9 aromatic rings. The molecular weight excluding hydrogens is 841 g/mol. The Balaban J connectivity index is 0.997. The highest BCUT2D eigenvalue weighted by Crippen LogP contribution is 2.48. The van der Waals surface area contributed by atoms with Gasteiger partial charge in [0, 0.05) is 51.5 Å². The van der Waals surface area contributed by atoms with E-state index in [2.05, 4.69) is 261 Å². The molecule has 3 heterocycles. The lowest BCUT2D eigenvalue weighted by molar-refractivity contribution is 0.483. The van der Waals surface area contributed by atoms with Crippen molar-refractivity contribution in [3.63, 3.8) is 0 Å². The van der Waals surface area contributed by atoms with Gasteiger partial charge in [-0.2, -0.15) is 0 Å². The van der Waals surface area contributed by atoms with E-state index >= 15 is 0 Å². The van der Waals surface area contributed by atoms with E-state index in [1.54, 1.807) is 0 Å². The smallest absolute Gasteiger partial charge is 0.137 e. The van der Waals surface area contributed by atoms with Gasteiger partial charge in [-0.1, -0.05) is 167 Å². The second-order valence-electron chi connectivity index (χ2n) is 22.8. The third kappa shape index (κ3) is 8.58. The van der Waals surface area contributed by atoms with Crippen molar-refractivity contribution in [2.45, 2.75) is 105 Å². The third-order valence-corrected chi connectivity index (χ3v) is 14.4.